The van der Waals surface area contributed by atoms with Crippen LogP contribution in [0.15, 0.2) is 66.4 Å². The first-order valence-electron chi connectivity index (χ1n) is 10.2. The number of rotatable bonds is 5. The number of hydrogen-bond acceptors (Lipinski definition) is 4. The van der Waals surface area contributed by atoms with Crippen LogP contribution in [-0.4, -0.2) is 18.9 Å². The smallest absolute Gasteiger partial charge is 0.282 e. The van der Waals surface area contributed by atoms with Gasteiger partial charge in [-0.1, -0.05) is 41.4 Å². The number of hydrogen-bond donors (Lipinski definition) is 1. The Bertz CT molecular complexity index is 1260. The maximum absolute atomic E-state index is 13.6. The minimum atomic E-state index is -0.422. The third-order valence-electron chi connectivity index (χ3n) is 5.53. The van der Waals surface area contributed by atoms with Gasteiger partial charge in [-0.3, -0.25) is 9.59 Å². The maximum Gasteiger partial charge on any atom is 0.282 e. The van der Waals surface area contributed by atoms with Gasteiger partial charge in [0.15, 0.2) is 0 Å². The number of halogens is 1. The molecule has 1 aliphatic heterocycles. The highest BCUT2D eigenvalue weighted by atomic mass is 35.5. The van der Waals surface area contributed by atoms with Gasteiger partial charge in [0, 0.05) is 10.7 Å². The van der Waals surface area contributed by atoms with Crippen LogP contribution in [-0.2, 0) is 9.59 Å². The Morgan fingerprint density at radius 2 is 1.56 bits per heavy atom. The van der Waals surface area contributed by atoms with Crippen LogP contribution in [0.2, 0.25) is 5.02 Å². The van der Waals surface area contributed by atoms with Gasteiger partial charge < -0.3 is 10.1 Å². The number of carbonyl (C=O) groups is 2. The summed E-state index contributed by atoms with van der Waals surface area (Å²) in [6, 6.07) is 18.1. The Hall–Kier alpha value is -3.57. The van der Waals surface area contributed by atoms with E-state index in [9.17, 15) is 9.59 Å². The monoisotopic (exact) mass is 446 g/mol. The zero-order valence-corrected chi connectivity index (χ0v) is 19.1. The highest BCUT2D eigenvalue weighted by Crippen LogP contribution is 2.36. The summed E-state index contributed by atoms with van der Waals surface area (Å²) in [5.41, 5.74) is 5.33. The van der Waals surface area contributed by atoms with Gasteiger partial charge in [0.1, 0.15) is 11.4 Å². The first-order chi connectivity index (χ1) is 15.3. The van der Waals surface area contributed by atoms with Crippen molar-refractivity contribution in [2.75, 3.05) is 17.3 Å². The molecule has 4 rings (SSSR count). The molecule has 0 radical (unpaired) electrons. The number of ether oxygens (including phenoxy) is 1. The topological polar surface area (TPSA) is 58.6 Å². The van der Waals surface area contributed by atoms with E-state index in [1.165, 1.54) is 4.90 Å². The Balaban J connectivity index is 1.86. The minimum Gasteiger partial charge on any atom is -0.497 e. The van der Waals surface area contributed by atoms with E-state index in [1.54, 1.807) is 43.5 Å². The lowest BCUT2D eigenvalue weighted by molar-refractivity contribution is -0.120. The van der Waals surface area contributed by atoms with Gasteiger partial charge in [-0.05, 0) is 73.9 Å². The van der Waals surface area contributed by atoms with Gasteiger partial charge in [0.25, 0.3) is 11.8 Å². The molecule has 0 saturated heterocycles. The summed E-state index contributed by atoms with van der Waals surface area (Å²) in [5, 5.41) is 3.74. The number of nitrogens with one attached hydrogen (secondary N) is 1. The van der Waals surface area contributed by atoms with Gasteiger partial charge in [-0.15, -0.1) is 0 Å². The van der Waals surface area contributed by atoms with Crippen LogP contribution >= 0.6 is 11.6 Å². The number of carbonyl (C=O) groups excluding carboxylic acids is 2. The van der Waals surface area contributed by atoms with E-state index in [2.05, 4.69) is 5.32 Å². The molecule has 0 saturated carbocycles. The second kappa shape index (κ2) is 8.52. The lowest BCUT2D eigenvalue weighted by Gasteiger charge is -2.16. The first kappa shape index (κ1) is 21.7. The zero-order valence-electron chi connectivity index (χ0n) is 18.3. The molecule has 162 valence electrons. The summed E-state index contributed by atoms with van der Waals surface area (Å²) < 4.78 is 5.20. The molecule has 1 aliphatic rings. The van der Waals surface area contributed by atoms with Gasteiger partial charge in [-0.2, -0.15) is 0 Å². The lowest BCUT2D eigenvalue weighted by Crippen LogP contribution is -2.32. The summed E-state index contributed by atoms with van der Waals surface area (Å²) in [5.74, 6) is -0.160. The number of amides is 2. The first-order valence-corrected chi connectivity index (χ1v) is 10.6. The van der Waals surface area contributed by atoms with E-state index in [1.807, 2.05) is 45.0 Å². The number of aryl methyl sites for hydroxylation is 3. The number of methoxy groups -OCH3 is 1. The van der Waals surface area contributed by atoms with E-state index in [0.717, 1.165) is 16.7 Å². The van der Waals surface area contributed by atoms with Crippen molar-refractivity contribution >= 4 is 40.4 Å². The van der Waals surface area contributed by atoms with Crippen LogP contribution in [0.25, 0.3) is 5.57 Å². The molecular weight excluding hydrogens is 424 g/mol. The molecule has 0 fully saturated rings. The van der Waals surface area contributed by atoms with Crippen LogP contribution in [0.4, 0.5) is 11.4 Å². The Labute approximate surface area is 192 Å². The minimum absolute atomic E-state index is 0.225. The van der Waals surface area contributed by atoms with Crippen molar-refractivity contribution in [3.8, 4) is 5.75 Å². The number of nitrogens with zero attached hydrogens (tertiary/aromatic N) is 1. The number of anilines is 2. The maximum atomic E-state index is 13.6. The molecule has 6 heteroatoms. The SMILES string of the molecule is COc1ccc(N2C(=O)C(Nc3cc(Cl)ccc3C)=C(c3ccc(C)cc3C)C2=O)cc1. The molecule has 0 unspecified atom stereocenters. The van der Waals surface area contributed by atoms with E-state index in [4.69, 9.17) is 16.3 Å². The molecule has 0 atom stereocenters. The summed E-state index contributed by atoms with van der Waals surface area (Å²) in [6.45, 7) is 5.84. The van der Waals surface area contributed by atoms with Crippen molar-refractivity contribution in [1.29, 1.82) is 0 Å². The molecule has 1 N–H and O–H groups in total. The van der Waals surface area contributed by atoms with Crippen LogP contribution in [0.1, 0.15) is 22.3 Å². The van der Waals surface area contributed by atoms with Crippen molar-refractivity contribution in [3.05, 3.63) is 93.6 Å². The third kappa shape index (κ3) is 3.87. The molecule has 0 aliphatic carbocycles. The molecule has 5 nitrogen and oxygen atoms in total. The van der Waals surface area contributed by atoms with Gasteiger partial charge >= 0.3 is 0 Å². The quantitative estimate of drug-likeness (QED) is 0.513. The fourth-order valence-electron chi connectivity index (χ4n) is 3.82. The molecule has 0 aromatic heterocycles. The second-order valence-electron chi connectivity index (χ2n) is 7.80. The highest BCUT2D eigenvalue weighted by molar-refractivity contribution is 6.46. The summed E-state index contributed by atoms with van der Waals surface area (Å²) >= 11 is 6.19. The average Bonchev–Trinajstić information content (AvgIpc) is 3.00. The van der Waals surface area contributed by atoms with Crippen molar-refractivity contribution in [3.63, 3.8) is 0 Å². The summed E-state index contributed by atoms with van der Waals surface area (Å²) in [4.78, 5) is 28.4. The predicted molar refractivity (Wildman–Crippen MR) is 128 cm³/mol. The molecular formula is C26H23ClN2O3. The largest absolute Gasteiger partial charge is 0.497 e. The van der Waals surface area contributed by atoms with Crippen molar-refractivity contribution in [2.24, 2.45) is 0 Å². The van der Waals surface area contributed by atoms with Gasteiger partial charge in [0.05, 0.1) is 18.4 Å². The number of benzene rings is 3. The molecule has 3 aromatic carbocycles. The third-order valence-corrected chi connectivity index (χ3v) is 5.76. The van der Waals surface area contributed by atoms with Crippen LogP contribution in [0, 0.1) is 20.8 Å². The summed E-state index contributed by atoms with van der Waals surface area (Å²) in [7, 11) is 1.57. The molecule has 3 aromatic rings. The second-order valence-corrected chi connectivity index (χ2v) is 8.23. The highest BCUT2D eigenvalue weighted by Gasteiger charge is 2.40. The van der Waals surface area contributed by atoms with E-state index in [-0.39, 0.29) is 11.6 Å². The Kier molecular flexibility index (Phi) is 5.76. The predicted octanol–water partition coefficient (Wildman–Crippen LogP) is 5.67. The molecule has 2 amide bonds. The molecule has 0 spiro atoms. The van der Waals surface area contributed by atoms with E-state index < -0.39 is 5.91 Å². The standard InChI is InChI=1S/C26H23ClN2O3/c1-15-5-12-21(17(3)13-15)23-24(28-22-14-18(27)7-6-16(22)2)26(31)29(25(23)30)19-8-10-20(32-4)11-9-19/h5-14,28H,1-4H3. The van der Waals surface area contributed by atoms with Gasteiger partial charge in [-0.25, -0.2) is 4.90 Å². The molecule has 32 heavy (non-hydrogen) atoms. The Morgan fingerprint density at radius 1 is 0.844 bits per heavy atom. The summed E-state index contributed by atoms with van der Waals surface area (Å²) in [6.07, 6.45) is 0. The van der Waals surface area contributed by atoms with Crippen LogP contribution in [0.5, 0.6) is 5.75 Å². The fourth-order valence-corrected chi connectivity index (χ4v) is 3.99. The Morgan fingerprint density at radius 3 is 2.22 bits per heavy atom. The van der Waals surface area contributed by atoms with Gasteiger partial charge in [0.2, 0.25) is 0 Å². The van der Waals surface area contributed by atoms with E-state index in [0.29, 0.717) is 33.3 Å². The zero-order chi connectivity index (χ0) is 23.0. The molecule has 1 heterocycles. The molecule has 0 bridgehead atoms. The average molecular weight is 447 g/mol. The van der Waals surface area contributed by atoms with Crippen molar-refractivity contribution in [1.82, 2.24) is 0 Å². The fraction of sp³-hybridized carbons (Fsp3) is 0.154. The lowest BCUT2D eigenvalue weighted by atomic mass is 9.97. The normalized spacial score (nSPS) is 13.7. The van der Waals surface area contributed by atoms with E-state index >= 15 is 0 Å². The van der Waals surface area contributed by atoms with Crippen LogP contribution in [0.3, 0.4) is 0 Å². The van der Waals surface area contributed by atoms with Crippen molar-refractivity contribution in [2.45, 2.75) is 20.8 Å². The van der Waals surface area contributed by atoms with Crippen molar-refractivity contribution < 1.29 is 14.3 Å². The number of imide groups is 1. The van der Waals surface area contributed by atoms with Crippen LogP contribution < -0.4 is 15.0 Å².